The maximum atomic E-state index is 6.04. The summed E-state index contributed by atoms with van der Waals surface area (Å²) in [6, 6.07) is 0.485. The number of nitrogens with one attached hydrogen (secondary N) is 1. The van der Waals surface area contributed by atoms with Gasteiger partial charge in [0.15, 0.2) is 0 Å². The fraction of sp³-hybridized carbons (Fsp3) is 0.714. The number of anilines is 2. The van der Waals surface area contributed by atoms with E-state index in [0.29, 0.717) is 18.4 Å². The molecule has 0 bridgehead atoms. The smallest absolute Gasteiger partial charge is 0.221 e. The Morgan fingerprint density at radius 2 is 2.15 bits per heavy atom. The summed E-state index contributed by atoms with van der Waals surface area (Å²) in [4.78, 5) is 7.98. The minimum atomic E-state index is 0.138. The molecule has 1 saturated heterocycles. The highest BCUT2D eigenvalue weighted by Gasteiger charge is 2.39. The van der Waals surface area contributed by atoms with Crippen LogP contribution in [0.25, 0.3) is 0 Å². The molecule has 1 atom stereocenters. The van der Waals surface area contributed by atoms with Crippen LogP contribution >= 0.6 is 0 Å². The van der Waals surface area contributed by atoms with Crippen molar-refractivity contribution in [2.24, 2.45) is 0 Å². The van der Waals surface area contributed by atoms with Gasteiger partial charge in [-0.3, -0.25) is 0 Å². The largest absolute Gasteiger partial charge is 0.383 e. The van der Waals surface area contributed by atoms with E-state index in [0.717, 1.165) is 25.0 Å². The third kappa shape index (κ3) is 2.86. The average Bonchev–Trinajstić information content (AvgIpc) is 2.86. The van der Waals surface area contributed by atoms with Crippen LogP contribution in [0.15, 0.2) is 6.20 Å². The third-order valence-corrected chi connectivity index (χ3v) is 4.51. The van der Waals surface area contributed by atoms with Gasteiger partial charge in [0, 0.05) is 31.0 Å². The second-order valence-electron chi connectivity index (χ2n) is 5.95. The number of nitrogens with two attached hydrogens (primary N) is 2. The van der Waals surface area contributed by atoms with E-state index in [1.807, 2.05) is 0 Å². The van der Waals surface area contributed by atoms with Crippen LogP contribution in [0.5, 0.6) is 0 Å². The van der Waals surface area contributed by atoms with Crippen LogP contribution in [0.2, 0.25) is 0 Å². The van der Waals surface area contributed by atoms with Gasteiger partial charge < -0.3 is 21.5 Å². The molecule has 5 N–H and O–H groups in total. The lowest BCUT2D eigenvalue weighted by Crippen LogP contribution is -2.45. The van der Waals surface area contributed by atoms with Gasteiger partial charge in [0.2, 0.25) is 5.95 Å². The van der Waals surface area contributed by atoms with Crippen molar-refractivity contribution in [1.82, 2.24) is 15.3 Å². The number of nitrogen functional groups attached to an aromatic ring is 2. The fourth-order valence-electron chi connectivity index (χ4n) is 3.39. The number of aromatic nitrogens is 2. The quantitative estimate of drug-likeness (QED) is 0.768. The summed E-state index contributed by atoms with van der Waals surface area (Å²) in [6.45, 7) is 1.54. The average molecular weight is 277 g/mol. The van der Waals surface area contributed by atoms with Crippen molar-refractivity contribution in [3.8, 4) is 0 Å². The summed E-state index contributed by atoms with van der Waals surface area (Å²) >= 11 is 0. The minimum absolute atomic E-state index is 0.138. The zero-order chi connectivity index (χ0) is 14.0. The highest BCUT2D eigenvalue weighted by molar-refractivity contribution is 5.41. The van der Waals surface area contributed by atoms with Crippen LogP contribution in [-0.2, 0) is 11.3 Å². The molecule has 3 rings (SSSR count). The van der Waals surface area contributed by atoms with E-state index < -0.39 is 0 Å². The van der Waals surface area contributed by atoms with Crippen LogP contribution in [0.1, 0.15) is 44.1 Å². The highest BCUT2D eigenvalue weighted by Crippen LogP contribution is 2.40. The molecular formula is C14H23N5O. The summed E-state index contributed by atoms with van der Waals surface area (Å²) in [6.07, 6.45) is 8.86. The van der Waals surface area contributed by atoms with Crippen LogP contribution in [0, 0.1) is 0 Å². The molecule has 1 spiro atoms. The summed E-state index contributed by atoms with van der Waals surface area (Å²) in [5, 5.41) is 3.57. The van der Waals surface area contributed by atoms with Crippen molar-refractivity contribution in [1.29, 1.82) is 0 Å². The van der Waals surface area contributed by atoms with Crippen molar-refractivity contribution in [2.45, 2.75) is 56.7 Å². The molecule has 1 unspecified atom stereocenters. The SMILES string of the molecule is Nc1ncc(CNC2CCOC3(CCCC3)C2)c(N)n1. The van der Waals surface area contributed by atoms with Gasteiger partial charge in [-0.15, -0.1) is 0 Å². The zero-order valence-electron chi connectivity index (χ0n) is 11.8. The van der Waals surface area contributed by atoms with E-state index in [1.165, 1.54) is 25.7 Å². The van der Waals surface area contributed by atoms with Gasteiger partial charge in [0.05, 0.1) is 5.60 Å². The molecule has 20 heavy (non-hydrogen) atoms. The maximum absolute atomic E-state index is 6.04. The first-order valence-corrected chi connectivity index (χ1v) is 7.41. The van der Waals surface area contributed by atoms with Gasteiger partial charge in [-0.25, -0.2) is 4.98 Å². The number of hydrogen-bond donors (Lipinski definition) is 3. The Morgan fingerprint density at radius 3 is 2.90 bits per heavy atom. The van der Waals surface area contributed by atoms with Gasteiger partial charge in [0.1, 0.15) is 5.82 Å². The second-order valence-corrected chi connectivity index (χ2v) is 5.95. The van der Waals surface area contributed by atoms with E-state index >= 15 is 0 Å². The zero-order valence-corrected chi connectivity index (χ0v) is 11.8. The van der Waals surface area contributed by atoms with Crippen molar-refractivity contribution < 1.29 is 4.74 Å². The maximum Gasteiger partial charge on any atom is 0.221 e. The summed E-state index contributed by atoms with van der Waals surface area (Å²) in [7, 11) is 0. The van der Waals surface area contributed by atoms with E-state index in [2.05, 4.69) is 15.3 Å². The fourth-order valence-corrected chi connectivity index (χ4v) is 3.39. The molecule has 1 saturated carbocycles. The summed E-state index contributed by atoms with van der Waals surface area (Å²) in [5.41, 5.74) is 12.4. The number of nitrogens with zero attached hydrogens (tertiary/aromatic N) is 2. The molecule has 6 heteroatoms. The first kappa shape index (κ1) is 13.6. The molecule has 1 aliphatic heterocycles. The number of ether oxygens (including phenoxy) is 1. The van der Waals surface area contributed by atoms with Crippen LogP contribution in [0.4, 0.5) is 11.8 Å². The monoisotopic (exact) mass is 277 g/mol. The van der Waals surface area contributed by atoms with Crippen LogP contribution in [-0.4, -0.2) is 28.2 Å². The van der Waals surface area contributed by atoms with E-state index in [9.17, 15) is 0 Å². The Bertz CT molecular complexity index is 473. The van der Waals surface area contributed by atoms with Crippen molar-refractivity contribution in [3.05, 3.63) is 11.8 Å². The molecule has 2 aliphatic rings. The Kier molecular flexibility index (Phi) is 3.76. The normalized spacial score (nSPS) is 25.1. The van der Waals surface area contributed by atoms with Gasteiger partial charge in [0.25, 0.3) is 0 Å². The van der Waals surface area contributed by atoms with Crippen LogP contribution in [0.3, 0.4) is 0 Å². The Morgan fingerprint density at radius 1 is 1.35 bits per heavy atom. The lowest BCUT2D eigenvalue weighted by molar-refractivity contribution is -0.0837. The molecular weight excluding hydrogens is 254 g/mol. The topological polar surface area (TPSA) is 99.1 Å². The van der Waals surface area contributed by atoms with Crippen molar-refractivity contribution in [3.63, 3.8) is 0 Å². The van der Waals surface area contributed by atoms with Gasteiger partial charge >= 0.3 is 0 Å². The predicted molar refractivity (Wildman–Crippen MR) is 77.9 cm³/mol. The van der Waals surface area contributed by atoms with Crippen molar-refractivity contribution in [2.75, 3.05) is 18.1 Å². The molecule has 2 fully saturated rings. The number of hydrogen-bond acceptors (Lipinski definition) is 6. The lowest BCUT2D eigenvalue weighted by Gasteiger charge is -2.38. The molecule has 0 aromatic carbocycles. The highest BCUT2D eigenvalue weighted by atomic mass is 16.5. The second kappa shape index (κ2) is 5.54. The molecule has 6 nitrogen and oxygen atoms in total. The summed E-state index contributed by atoms with van der Waals surface area (Å²) in [5.74, 6) is 0.690. The van der Waals surface area contributed by atoms with E-state index in [4.69, 9.17) is 16.2 Å². The standard InChI is InChI=1S/C14H23N5O/c15-12-10(9-18-13(16)19-12)8-17-11-3-6-20-14(7-11)4-1-2-5-14/h9,11,17H,1-8H2,(H4,15,16,18,19). The first-order chi connectivity index (χ1) is 9.67. The molecule has 110 valence electrons. The molecule has 2 heterocycles. The Labute approximate surface area is 119 Å². The molecule has 1 aliphatic carbocycles. The van der Waals surface area contributed by atoms with Crippen molar-refractivity contribution >= 4 is 11.8 Å². The van der Waals surface area contributed by atoms with Gasteiger partial charge in [-0.2, -0.15) is 4.98 Å². The molecule has 0 radical (unpaired) electrons. The van der Waals surface area contributed by atoms with Gasteiger partial charge in [-0.1, -0.05) is 12.8 Å². The van der Waals surface area contributed by atoms with Crippen LogP contribution < -0.4 is 16.8 Å². The van der Waals surface area contributed by atoms with Gasteiger partial charge in [-0.05, 0) is 25.7 Å². The minimum Gasteiger partial charge on any atom is -0.383 e. The molecule has 1 aromatic heterocycles. The Balaban J connectivity index is 1.58. The molecule has 1 aromatic rings. The predicted octanol–water partition coefficient (Wildman–Crippen LogP) is 1.22. The van der Waals surface area contributed by atoms with E-state index in [-0.39, 0.29) is 11.5 Å². The number of rotatable bonds is 3. The lowest BCUT2D eigenvalue weighted by atomic mass is 9.89. The molecule has 0 amide bonds. The Hall–Kier alpha value is -1.40. The summed E-state index contributed by atoms with van der Waals surface area (Å²) < 4.78 is 6.04. The van der Waals surface area contributed by atoms with E-state index in [1.54, 1.807) is 6.20 Å². The first-order valence-electron chi connectivity index (χ1n) is 7.41. The third-order valence-electron chi connectivity index (χ3n) is 4.51.